The van der Waals surface area contributed by atoms with Crippen LogP contribution in [-0.4, -0.2) is 39.9 Å². The summed E-state index contributed by atoms with van der Waals surface area (Å²) in [7, 11) is 0. The minimum atomic E-state index is -0.933. The van der Waals surface area contributed by atoms with Crippen molar-refractivity contribution in [1.29, 1.82) is 0 Å². The number of rotatable bonds is 14. The van der Waals surface area contributed by atoms with E-state index in [1.54, 1.807) is 4.57 Å². The molecule has 7 heteroatoms. The van der Waals surface area contributed by atoms with Crippen molar-refractivity contribution in [2.24, 2.45) is 0 Å². The molecule has 2 N–H and O–H groups in total. The first-order chi connectivity index (χ1) is 20.2. The van der Waals surface area contributed by atoms with Crippen molar-refractivity contribution in [1.82, 2.24) is 4.57 Å². The molecule has 1 aromatic heterocycles. The number of hydrogen-bond acceptors (Lipinski definition) is 4. The van der Waals surface area contributed by atoms with E-state index >= 15 is 0 Å². The van der Waals surface area contributed by atoms with Crippen LogP contribution in [0.5, 0.6) is 11.5 Å². The van der Waals surface area contributed by atoms with Gasteiger partial charge in [0.25, 0.3) is 0 Å². The zero-order valence-corrected chi connectivity index (χ0v) is 24.3. The first-order valence-corrected chi connectivity index (χ1v) is 14.0. The van der Waals surface area contributed by atoms with E-state index in [0.29, 0.717) is 26.1 Å². The molecule has 7 nitrogen and oxygen atoms in total. The van der Waals surface area contributed by atoms with Gasteiger partial charge in [-0.1, -0.05) is 60.2 Å². The third-order valence-electron chi connectivity index (χ3n) is 6.93. The molecule has 0 fully saturated rings. The molecule has 0 bridgehead atoms. The van der Waals surface area contributed by atoms with Crippen LogP contribution in [0.1, 0.15) is 46.2 Å². The molecule has 1 heterocycles. The van der Waals surface area contributed by atoms with Crippen molar-refractivity contribution in [3.63, 3.8) is 0 Å². The van der Waals surface area contributed by atoms with Crippen LogP contribution in [0.15, 0.2) is 72.9 Å². The molecule has 0 aliphatic heterocycles. The van der Waals surface area contributed by atoms with Crippen molar-refractivity contribution in [2.75, 3.05) is 13.2 Å². The second-order valence-electron chi connectivity index (χ2n) is 10.4. The van der Waals surface area contributed by atoms with E-state index in [9.17, 15) is 14.7 Å². The summed E-state index contributed by atoms with van der Waals surface area (Å²) >= 11 is 0. The Morgan fingerprint density at radius 2 is 1.55 bits per heavy atom. The molecule has 42 heavy (non-hydrogen) atoms. The van der Waals surface area contributed by atoms with Gasteiger partial charge in [0.15, 0.2) is 0 Å². The van der Waals surface area contributed by atoms with E-state index < -0.39 is 11.9 Å². The number of carboxylic acids is 2. The number of hydrogen-bond donors (Lipinski definition) is 2. The molecule has 4 aromatic rings. The minimum absolute atomic E-state index is 0.0725. The SMILES string of the molecule is Cc1cc(C)c(OC/C=C/COc2ccc(C=Cc3cccc4c(CCCC(=O)O)cn(CC(=O)O)c34)cc2)c(C)c1. The normalized spacial score (nSPS) is 11.5. The van der Waals surface area contributed by atoms with Crippen LogP contribution in [0.3, 0.4) is 0 Å². The predicted molar refractivity (Wildman–Crippen MR) is 166 cm³/mol. The van der Waals surface area contributed by atoms with Gasteiger partial charge in [-0.25, -0.2) is 0 Å². The highest BCUT2D eigenvalue weighted by molar-refractivity contribution is 5.94. The molecule has 0 saturated heterocycles. The van der Waals surface area contributed by atoms with Gasteiger partial charge >= 0.3 is 11.9 Å². The first kappa shape index (κ1) is 30.2. The Hall–Kier alpha value is -4.78. The van der Waals surface area contributed by atoms with Crippen LogP contribution in [0.25, 0.3) is 23.1 Å². The molecule has 0 atom stereocenters. The molecular formula is C35H37NO6. The second-order valence-corrected chi connectivity index (χ2v) is 10.4. The molecule has 3 aromatic carbocycles. The van der Waals surface area contributed by atoms with Gasteiger partial charge in [0.2, 0.25) is 0 Å². The van der Waals surface area contributed by atoms with Crippen molar-refractivity contribution >= 4 is 35.0 Å². The Bertz CT molecular complexity index is 1590. The van der Waals surface area contributed by atoms with Gasteiger partial charge in [0.05, 0.1) is 5.52 Å². The van der Waals surface area contributed by atoms with Crippen LogP contribution in [-0.2, 0) is 22.6 Å². The minimum Gasteiger partial charge on any atom is -0.490 e. The average Bonchev–Trinajstić information content (AvgIpc) is 3.28. The maximum absolute atomic E-state index is 11.5. The molecule has 0 aliphatic carbocycles. The fourth-order valence-electron chi connectivity index (χ4n) is 5.16. The molecule has 0 radical (unpaired) electrons. The van der Waals surface area contributed by atoms with Gasteiger partial charge in [-0.15, -0.1) is 0 Å². The molecule has 0 spiro atoms. The van der Waals surface area contributed by atoms with E-state index in [0.717, 1.165) is 50.2 Å². The third-order valence-corrected chi connectivity index (χ3v) is 6.93. The second kappa shape index (κ2) is 14.2. The van der Waals surface area contributed by atoms with Gasteiger partial charge < -0.3 is 24.3 Å². The summed E-state index contributed by atoms with van der Waals surface area (Å²) in [5, 5.41) is 19.4. The number of para-hydroxylation sites is 1. The average molecular weight is 568 g/mol. The molecule has 0 aliphatic rings. The summed E-state index contributed by atoms with van der Waals surface area (Å²) in [6.45, 7) is 6.94. The van der Waals surface area contributed by atoms with Gasteiger partial charge in [-0.05, 0) is 85.7 Å². The van der Waals surface area contributed by atoms with Crippen molar-refractivity contribution in [3.05, 3.63) is 106 Å². The molecule has 0 unspecified atom stereocenters. The van der Waals surface area contributed by atoms with E-state index in [1.807, 2.05) is 73.0 Å². The summed E-state index contributed by atoms with van der Waals surface area (Å²) in [6, 6.07) is 17.8. The van der Waals surface area contributed by atoms with Crippen LogP contribution in [0.2, 0.25) is 0 Å². The third kappa shape index (κ3) is 8.13. The van der Waals surface area contributed by atoms with Crippen LogP contribution < -0.4 is 9.47 Å². The Kier molecular flexibility index (Phi) is 10.2. The van der Waals surface area contributed by atoms with E-state index in [2.05, 4.69) is 32.9 Å². The molecule has 4 rings (SSSR count). The Labute approximate surface area is 246 Å². The lowest BCUT2D eigenvalue weighted by Gasteiger charge is -2.11. The van der Waals surface area contributed by atoms with Crippen LogP contribution in [0.4, 0.5) is 0 Å². The maximum Gasteiger partial charge on any atom is 0.323 e. The molecule has 0 amide bonds. The fraction of sp³-hybridized carbons (Fsp3) is 0.257. The predicted octanol–water partition coefficient (Wildman–Crippen LogP) is 7.24. The zero-order valence-electron chi connectivity index (χ0n) is 24.3. The Balaban J connectivity index is 1.37. The number of fused-ring (bicyclic) bond motifs is 1. The summed E-state index contributed by atoms with van der Waals surface area (Å²) in [4.78, 5) is 22.5. The zero-order chi connectivity index (χ0) is 30.1. The fourth-order valence-corrected chi connectivity index (χ4v) is 5.16. The highest BCUT2D eigenvalue weighted by atomic mass is 16.5. The van der Waals surface area contributed by atoms with E-state index in [1.165, 1.54) is 5.56 Å². The van der Waals surface area contributed by atoms with E-state index in [4.69, 9.17) is 14.6 Å². The first-order valence-electron chi connectivity index (χ1n) is 14.0. The smallest absolute Gasteiger partial charge is 0.323 e. The van der Waals surface area contributed by atoms with Crippen molar-refractivity contribution < 1.29 is 29.3 Å². The van der Waals surface area contributed by atoms with Gasteiger partial charge in [-0.3, -0.25) is 9.59 Å². The van der Waals surface area contributed by atoms with Crippen LogP contribution >= 0.6 is 0 Å². The molecule has 0 saturated carbocycles. The van der Waals surface area contributed by atoms with E-state index in [-0.39, 0.29) is 13.0 Å². The monoisotopic (exact) mass is 567 g/mol. The number of carbonyl (C=O) groups is 2. The number of carboxylic acid groups (broad SMARTS) is 2. The van der Waals surface area contributed by atoms with Crippen molar-refractivity contribution in [2.45, 2.75) is 46.6 Å². The Morgan fingerprint density at radius 3 is 2.21 bits per heavy atom. The molecular weight excluding hydrogens is 530 g/mol. The lowest BCUT2D eigenvalue weighted by molar-refractivity contribution is -0.138. The summed E-state index contributed by atoms with van der Waals surface area (Å²) in [6.07, 6.45) is 10.8. The number of aryl methyl sites for hydroxylation is 4. The topological polar surface area (TPSA) is 98.0 Å². The highest BCUT2D eigenvalue weighted by Crippen LogP contribution is 2.28. The largest absolute Gasteiger partial charge is 0.490 e. The maximum atomic E-state index is 11.5. The summed E-state index contributed by atoms with van der Waals surface area (Å²) in [5.74, 6) is -0.0877. The van der Waals surface area contributed by atoms with Crippen LogP contribution in [0, 0.1) is 20.8 Å². The van der Waals surface area contributed by atoms with Gasteiger partial charge in [0, 0.05) is 18.0 Å². The summed E-state index contributed by atoms with van der Waals surface area (Å²) in [5.41, 5.74) is 7.14. The molecule has 218 valence electrons. The Morgan fingerprint density at radius 1 is 0.857 bits per heavy atom. The lowest BCUT2D eigenvalue weighted by Crippen LogP contribution is -2.07. The number of ether oxygens (including phenoxy) is 2. The number of benzene rings is 3. The highest BCUT2D eigenvalue weighted by Gasteiger charge is 2.13. The number of aliphatic carboxylic acids is 2. The standard InChI is InChI=1S/C35H37NO6/c1-24-20-25(2)35(26(3)21-24)42-19-5-4-18-41-30-16-13-27(14-17-30)12-15-28-8-6-10-31-29(9-7-11-32(37)38)22-36(34(28)31)23-33(39)40/h4-6,8,10,12-17,20-22H,7,9,11,18-19,23H2,1-3H3,(H,37,38)(H,39,40)/b5-4+,15-12?. The lowest BCUT2D eigenvalue weighted by atomic mass is 10.0. The van der Waals surface area contributed by atoms with Gasteiger partial charge in [-0.2, -0.15) is 0 Å². The number of nitrogens with zero attached hydrogens (tertiary/aromatic N) is 1. The quantitative estimate of drug-likeness (QED) is 0.123. The summed E-state index contributed by atoms with van der Waals surface area (Å²) < 4.78 is 13.5. The number of aromatic nitrogens is 1. The van der Waals surface area contributed by atoms with Crippen molar-refractivity contribution in [3.8, 4) is 11.5 Å². The van der Waals surface area contributed by atoms with Gasteiger partial charge in [0.1, 0.15) is 31.3 Å².